The second kappa shape index (κ2) is 13.5. The summed E-state index contributed by atoms with van der Waals surface area (Å²) in [5.41, 5.74) is 5.39. The molecule has 0 aromatic carbocycles. The van der Waals surface area contributed by atoms with Crippen LogP contribution in [0.4, 0.5) is 0 Å². The van der Waals surface area contributed by atoms with Gasteiger partial charge in [0.1, 0.15) is 0 Å². The third-order valence-corrected chi connectivity index (χ3v) is 4.33. The van der Waals surface area contributed by atoms with Crippen LogP contribution in [0, 0.1) is 0 Å². The Morgan fingerprint density at radius 1 is 1.09 bits per heavy atom. The van der Waals surface area contributed by atoms with Crippen molar-refractivity contribution in [2.75, 3.05) is 13.2 Å². The summed E-state index contributed by atoms with van der Waals surface area (Å²) < 4.78 is 5.50. The Labute approximate surface area is 146 Å². The molecule has 1 saturated heterocycles. The maximum Gasteiger partial charge on any atom is 0.238 e. The zero-order valence-corrected chi connectivity index (χ0v) is 15.3. The number of carbonyl (C=O) groups is 1. The van der Waals surface area contributed by atoms with E-state index in [9.17, 15) is 4.79 Å². The maximum absolute atomic E-state index is 11.7. The predicted octanol–water partition coefficient (Wildman–Crippen LogP) is 3.19. The first-order chi connectivity index (χ1) is 11.2. The van der Waals surface area contributed by atoms with Crippen LogP contribution >= 0.6 is 12.2 Å². The summed E-state index contributed by atoms with van der Waals surface area (Å²) in [7, 11) is 0. The Bertz CT molecular complexity index is 334. The number of amides is 1. The fraction of sp³-hybridized carbons (Fsp3) is 0.882. The van der Waals surface area contributed by atoms with Gasteiger partial charge >= 0.3 is 0 Å². The van der Waals surface area contributed by atoms with Gasteiger partial charge in [-0.25, -0.2) is 0 Å². The highest BCUT2D eigenvalue weighted by Crippen LogP contribution is 2.10. The van der Waals surface area contributed by atoms with Gasteiger partial charge in [0.05, 0.1) is 6.10 Å². The van der Waals surface area contributed by atoms with Crippen LogP contribution in [-0.4, -0.2) is 30.3 Å². The van der Waals surface area contributed by atoms with E-state index in [4.69, 9.17) is 17.0 Å². The molecule has 1 aliphatic heterocycles. The van der Waals surface area contributed by atoms with Crippen LogP contribution in [0.2, 0.25) is 0 Å². The highest BCUT2D eigenvalue weighted by Gasteiger charge is 2.15. The molecule has 1 amide bonds. The van der Waals surface area contributed by atoms with Crippen molar-refractivity contribution in [3.05, 3.63) is 0 Å². The van der Waals surface area contributed by atoms with Crippen molar-refractivity contribution in [2.45, 2.75) is 83.7 Å². The largest absolute Gasteiger partial charge is 0.376 e. The second-order valence-corrected chi connectivity index (χ2v) is 6.65. The number of hydrazine groups is 1. The normalized spacial score (nSPS) is 17.0. The lowest BCUT2D eigenvalue weighted by molar-refractivity contribution is -0.121. The molecule has 0 aliphatic carbocycles. The van der Waals surface area contributed by atoms with Crippen molar-refractivity contribution in [3.8, 4) is 0 Å². The SMILES string of the molecule is CCCCCCCCCCC(=O)NNC(=S)NC[C@@H]1CCCO1. The number of hydrogen-bond donors (Lipinski definition) is 3. The third-order valence-electron chi connectivity index (χ3n) is 4.09. The van der Waals surface area contributed by atoms with Gasteiger partial charge in [0, 0.05) is 19.6 Å². The van der Waals surface area contributed by atoms with E-state index >= 15 is 0 Å². The highest BCUT2D eigenvalue weighted by molar-refractivity contribution is 7.80. The smallest absolute Gasteiger partial charge is 0.238 e. The lowest BCUT2D eigenvalue weighted by Crippen LogP contribution is -2.48. The number of carbonyl (C=O) groups excluding carboxylic acids is 1. The summed E-state index contributed by atoms with van der Waals surface area (Å²) in [4.78, 5) is 11.7. The number of nitrogens with one attached hydrogen (secondary N) is 3. The number of ether oxygens (including phenoxy) is 1. The van der Waals surface area contributed by atoms with E-state index in [1.165, 1.54) is 38.5 Å². The minimum absolute atomic E-state index is 0.00255. The van der Waals surface area contributed by atoms with Crippen molar-refractivity contribution in [3.63, 3.8) is 0 Å². The molecule has 1 heterocycles. The van der Waals surface area contributed by atoms with Gasteiger partial charge < -0.3 is 10.1 Å². The molecule has 23 heavy (non-hydrogen) atoms. The summed E-state index contributed by atoms with van der Waals surface area (Å²) in [5, 5.41) is 3.51. The molecule has 1 atom stereocenters. The van der Waals surface area contributed by atoms with Crippen molar-refractivity contribution in [2.24, 2.45) is 0 Å². The predicted molar refractivity (Wildman–Crippen MR) is 98.1 cm³/mol. The van der Waals surface area contributed by atoms with E-state index in [0.717, 1.165) is 32.3 Å². The molecule has 1 aliphatic rings. The van der Waals surface area contributed by atoms with E-state index in [1.807, 2.05) is 0 Å². The van der Waals surface area contributed by atoms with Crippen LogP contribution in [-0.2, 0) is 9.53 Å². The first-order valence-corrected chi connectivity index (χ1v) is 9.57. The van der Waals surface area contributed by atoms with Gasteiger partial charge in [-0.15, -0.1) is 0 Å². The van der Waals surface area contributed by atoms with Gasteiger partial charge in [-0.3, -0.25) is 15.6 Å². The Hall–Kier alpha value is -0.880. The fourth-order valence-electron chi connectivity index (χ4n) is 2.66. The van der Waals surface area contributed by atoms with E-state index in [-0.39, 0.29) is 12.0 Å². The van der Waals surface area contributed by atoms with Crippen molar-refractivity contribution >= 4 is 23.2 Å². The van der Waals surface area contributed by atoms with Crippen LogP contribution in [0.3, 0.4) is 0 Å². The highest BCUT2D eigenvalue weighted by atomic mass is 32.1. The van der Waals surface area contributed by atoms with Crippen LogP contribution in [0.1, 0.15) is 77.6 Å². The fourth-order valence-corrected chi connectivity index (χ4v) is 2.80. The summed E-state index contributed by atoms with van der Waals surface area (Å²) in [6, 6.07) is 0. The summed E-state index contributed by atoms with van der Waals surface area (Å²) in [6.45, 7) is 3.76. The van der Waals surface area contributed by atoms with Gasteiger partial charge in [0.15, 0.2) is 5.11 Å². The minimum atomic E-state index is -0.00255. The van der Waals surface area contributed by atoms with Crippen LogP contribution < -0.4 is 16.2 Å². The van der Waals surface area contributed by atoms with Gasteiger partial charge in [-0.05, 0) is 31.5 Å². The zero-order chi connectivity index (χ0) is 16.8. The molecule has 0 bridgehead atoms. The van der Waals surface area contributed by atoms with Gasteiger partial charge in [-0.2, -0.15) is 0 Å². The summed E-state index contributed by atoms with van der Waals surface area (Å²) in [5.74, 6) is -0.00255. The average Bonchev–Trinajstić information content (AvgIpc) is 3.07. The Kier molecular flexibility index (Phi) is 11.9. The van der Waals surface area contributed by atoms with Gasteiger partial charge in [-0.1, -0.05) is 51.9 Å². The number of unbranched alkanes of at least 4 members (excludes halogenated alkanes) is 7. The summed E-state index contributed by atoms with van der Waals surface area (Å²) in [6.07, 6.45) is 12.9. The molecule has 5 nitrogen and oxygen atoms in total. The van der Waals surface area contributed by atoms with E-state index in [1.54, 1.807) is 0 Å². The number of rotatable bonds is 11. The number of thiocarbonyl (C=S) groups is 1. The van der Waals surface area contributed by atoms with Crippen molar-refractivity contribution in [1.82, 2.24) is 16.2 Å². The van der Waals surface area contributed by atoms with E-state index in [2.05, 4.69) is 23.1 Å². The van der Waals surface area contributed by atoms with E-state index in [0.29, 0.717) is 18.1 Å². The molecule has 0 unspecified atom stereocenters. The molecular formula is C17H33N3O2S. The monoisotopic (exact) mass is 343 g/mol. The molecule has 1 fully saturated rings. The third kappa shape index (κ3) is 11.3. The molecule has 134 valence electrons. The molecule has 0 saturated carbocycles. The second-order valence-electron chi connectivity index (χ2n) is 6.24. The van der Waals surface area contributed by atoms with Crippen molar-refractivity contribution < 1.29 is 9.53 Å². The van der Waals surface area contributed by atoms with Crippen LogP contribution in [0.15, 0.2) is 0 Å². The Morgan fingerprint density at radius 3 is 2.43 bits per heavy atom. The van der Waals surface area contributed by atoms with Gasteiger partial charge in [0.25, 0.3) is 0 Å². The lowest BCUT2D eigenvalue weighted by atomic mass is 10.1. The molecule has 0 aromatic rings. The van der Waals surface area contributed by atoms with Crippen LogP contribution in [0.25, 0.3) is 0 Å². The number of hydrogen-bond acceptors (Lipinski definition) is 3. The van der Waals surface area contributed by atoms with Gasteiger partial charge in [0.2, 0.25) is 5.91 Å². The average molecular weight is 344 g/mol. The molecule has 0 aromatic heterocycles. The quantitative estimate of drug-likeness (QED) is 0.305. The molecule has 0 spiro atoms. The molecule has 0 radical (unpaired) electrons. The standard InChI is InChI=1S/C17H33N3O2S/c1-2-3-4-5-6-7-8-9-12-16(21)19-20-17(23)18-14-15-11-10-13-22-15/h15H,2-14H2,1H3,(H,19,21)(H2,18,20,23)/t15-/m0/s1. The minimum Gasteiger partial charge on any atom is -0.376 e. The topological polar surface area (TPSA) is 62.4 Å². The molecular weight excluding hydrogens is 310 g/mol. The molecule has 6 heteroatoms. The molecule has 3 N–H and O–H groups in total. The zero-order valence-electron chi connectivity index (χ0n) is 14.5. The lowest BCUT2D eigenvalue weighted by Gasteiger charge is -2.14. The maximum atomic E-state index is 11.7. The first-order valence-electron chi connectivity index (χ1n) is 9.16. The Balaban J connectivity index is 1.88. The summed E-state index contributed by atoms with van der Waals surface area (Å²) >= 11 is 5.12. The first kappa shape index (κ1) is 20.2. The van der Waals surface area contributed by atoms with E-state index < -0.39 is 0 Å². The Morgan fingerprint density at radius 2 is 1.78 bits per heavy atom. The van der Waals surface area contributed by atoms with Crippen molar-refractivity contribution in [1.29, 1.82) is 0 Å². The van der Waals surface area contributed by atoms with Crippen LogP contribution in [0.5, 0.6) is 0 Å². The molecule has 1 rings (SSSR count).